The molecule has 0 radical (unpaired) electrons. The van der Waals surface area contributed by atoms with Gasteiger partial charge in [-0.15, -0.1) is 0 Å². The molecule has 0 aliphatic carbocycles. The minimum atomic E-state index is 0.364. The molecule has 2 aromatic carbocycles. The van der Waals surface area contributed by atoms with Crippen molar-refractivity contribution >= 4 is 29.5 Å². The van der Waals surface area contributed by atoms with E-state index in [2.05, 4.69) is 58.0 Å². The fourth-order valence-electron chi connectivity index (χ4n) is 3.83. The van der Waals surface area contributed by atoms with E-state index in [1.165, 1.54) is 16.8 Å². The second-order valence-corrected chi connectivity index (χ2v) is 8.92. The lowest BCUT2D eigenvalue weighted by molar-refractivity contribution is 0.193. The van der Waals surface area contributed by atoms with Crippen LogP contribution in [0.1, 0.15) is 22.5 Å². The van der Waals surface area contributed by atoms with Crippen LogP contribution in [0.5, 0.6) is 5.75 Å². The lowest BCUT2D eigenvalue weighted by Crippen LogP contribution is -2.47. The quantitative estimate of drug-likeness (QED) is 0.534. The highest BCUT2D eigenvalue weighted by atomic mass is 35.5. The van der Waals surface area contributed by atoms with Gasteiger partial charge in [0.25, 0.3) is 0 Å². The SMILES string of the molecule is Cc1ccc(C)c(OCc2nc(=S)n(CN3CCN(c4cc(Cl)ccc4C)CC3)[nH]2)c1. The van der Waals surface area contributed by atoms with Gasteiger partial charge < -0.3 is 9.64 Å². The van der Waals surface area contributed by atoms with Crippen LogP contribution >= 0.6 is 23.8 Å². The lowest BCUT2D eigenvalue weighted by atomic mass is 10.1. The number of piperazine rings is 1. The van der Waals surface area contributed by atoms with Gasteiger partial charge in [0.1, 0.15) is 12.4 Å². The molecule has 3 aromatic rings. The van der Waals surface area contributed by atoms with Gasteiger partial charge in [-0.3, -0.25) is 10.00 Å². The molecule has 4 rings (SSSR count). The lowest BCUT2D eigenvalue weighted by Gasteiger charge is -2.36. The standard InChI is InChI=1S/C23H28ClN5OS/c1-16-4-5-18(3)21(12-16)30-14-22-25-23(31)29(26-22)15-27-8-10-28(11-9-27)20-13-19(24)7-6-17(20)2/h4-7,12-13H,8-11,14-15H2,1-3H3,(H,25,26,31). The second-order valence-electron chi connectivity index (χ2n) is 8.12. The molecule has 0 amide bonds. The predicted molar refractivity (Wildman–Crippen MR) is 128 cm³/mol. The van der Waals surface area contributed by atoms with Crippen molar-refractivity contribution in [3.63, 3.8) is 0 Å². The van der Waals surface area contributed by atoms with E-state index in [0.717, 1.165) is 48.3 Å². The molecule has 1 aromatic heterocycles. The molecule has 1 aliphatic heterocycles. The van der Waals surface area contributed by atoms with Crippen LogP contribution in [-0.2, 0) is 13.3 Å². The van der Waals surface area contributed by atoms with E-state index in [1.54, 1.807) is 0 Å². The summed E-state index contributed by atoms with van der Waals surface area (Å²) in [6, 6.07) is 12.3. The third-order valence-electron chi connectivity index (χ3n) is 5.66. The first-order valence-electron chi connectivity index (χ1n) is 10.5. The Morgan fingerprint density at radius 3 is 2.55 bits per heavy atom. The van der Waals surface area contributed by atoms with E-state index in [4.69, 9.17) is 28.6 Å². The predicted octanol–water partition coefficient (Wildman–Crippen LogP) is 4.88. The Hall–Kier alpha value is -2.35. The largest absolute Gasteiger partial charge is 0.485 e. The zero-order chi connectivity index (χ0) is 22.0. The maximum absolute atomic E-state index is 6.20. The molecule has 1 aliphatic rings. The molecule has 0 atom stereocenters. The molecule has 1 fully saturated rings. The molecule has 8 heteroatoms. The fourth-order valence-corrected chi connectivity index (χ4v) is 4.21. The van der Waals surface area contributed by atoms with E-state index in [9.17, 15) is 0 Å². The molecule has 1 N–H and O–H groups in total. The molecule has 2 heterocycles. The number of nitrogens with one attached hydrogen (secondary N) is 1. The Bertz CT molecular complexity index is 1120. The van der Waals surface area contributed by atoms with Crippen molar-refractivity contribution < 1.29 is 4.74 Å². The third kappa shape index (κ3) is 5.29. The molecule has 164 valence electrons. The number of ether oxygens (including phenoxy) is 1. The Balaban J connectivity index is 1.34. The van der Waals surface area contributed by atoms with Gasteiger partial charge in [-0.05, 0) is 67.9 Å². The van der Waals surface area contributed by atoms with Crippen LogP contribution in [0.25, 0.3) is 0 Å². The summed E-state index contributed by atoms with van der Waals surface area (Å²) in [4.78, 5) is 9.24. The van der Waals surface area contributed by atoms with E-state index in [-0.39, 0.29) is 0 Å². The van der Waals surface area contributed by atoms with E-state index < -0.39 is 0 Å². The summed E-state index contributed by atoms with van der Waals surface area (Å²) >= 11 is 11.7. The fraction of sp³-hybridized carbons (Fsp3) is 0.391. The van der Waals surface area contributed by atoms with Crippen LogP contribution in [0.4, 0.5) is 5.69 Å². The molecule has 1 saturated heterocycles. The van der Waals surface area contributed by atoms with Crippen molar-refractivity contribution in [2.75, 3.05) is 31.1 Å². The van der Waals surface area contributed by atoms with Crippen LogP contribution in [0, 0.1) is 25.5 Å². The number of rotatable bonds is 6. The maximum atomic E-state index is 6.20. The Morgan fingerprint density at radius 1 is 1.03 bits per heavy atom. The summed E-state index contributed by atoms with van der Waals surface area (Å²) in [6.07, 6.45) is 0. The van der Waals surface area contributed by atoms with Crippen molar-refractivity contribution in [3.05, 3.63) is 68.7 Å². The van der Waals surface area contributed by atoms with Crippen molar-refractivity contribution in [1.82, 2.24) is 19.7 Å². The summed E-state index contributed by atoms with van der Waals surface area (Å²) in [5.74, 6) is 1.61. The van der Waals surface area contributed by atoms with E-state index >= 15 is 0 Å². The number of aromatic nitrogens is 3. The molecule has 31 heavy (non-hydrogen) atoms. The van der Waals surface area contributed by atoms with E-state index in [1.807, 2.05) is 23.7 Å². The van der Waals surface area contributed by atoms with Gasteiger partial charge in [-0.1, -0.05) is 29.8 Å². The van der Waals surface area contributed by atoms with Gasteiger partial charge in [0.2, 0.25) is 4.77 Å². The number of aryl methyl sites for hydroxylation is 3. The summed E-state index contributed by atoms with van der Waals surface area (Å²) in [5, 5.41) is 4.08. The highest BCUT2D eigenvalue weighted by Crippen LogP contribution is 2.25. The van der Waals surface area contributed by atoms with Gasteiger partial charge in [-0.2, -0.15) is 0 Å². The molecule has 0 bridgehead atoms. The average molecular weight is 458 g/mol. The summed E-state index contributed by atoms with van der Waals surface area (Å²) in [5.41, 5.74) is 4.75. The van der Waals surface area contributed by atoms with Crippen molar-refractivity contribution in [2.45, 2.75) is 34.0 Å². The minimum Gasteiger partial charge on any atom is -0.485 e. The van der Waals surface area contributed by atoms with Gasteiger partial charge in [0, 0.05) is 36.9 Å². The topological polar surface area (TPSA) is 49.3 Å². The number of hydrogen-bond donors (Lipinski definition) is 1. The minimum absolute atomic E-state index is 0.364. The third-order valence-corrected chi connectivity index (χ3v) is 6.21. The first-order valence-corrected chi connectivity index (χ1v) is 11.3. The Morgan fingerprint density at radius 2 is 1.77 bits per heavy atom. The zero-order valence-electron chi connectivity index (χ0n) is 18.2. The summed E-state index contributed by atoms with van der Waals surface area (Å²) in [6.45, 7) is 11.1. The molecule has 6 nitrogen and oxygen atoms in total. The maximum Gasteiger partial charge on any atom is 0.217 e. The summed E-state index contributed by atoms with van der Waals surface area (Å²) in [7, 11) is 0. The highest BCUT2D eigenvalue weighted by molar-refractivity contribution is 7.71. The van der Waals surface area contributed by atoms with Crippen LogP contribution in [0.2, 0.25) is 5.02 Å². The Kier molecular flexibility index (Phi) is 6.65. The summed E-state index contributed by atoms with van der Waals surface area (Å²) < 4.78 is 8.42. The molecular weight excluding hydrogens is 430 g/mol. The average Bonchev–Trinajstić information content (AvgIpc) is 3.10. The molecular formula is C23H28ClN5OS. The molecule has 0 unspecified atom stereocenters. The number of hydrogen-bond acceptors (Lipinski definition) is 5. The Labute approximate surface area is 193 Å². The highest BCUT2D eigenvalue weighted by Gasteiger charge is 2.19. The van der Waals surface area contributed by atoms with Crippen molar-refractivity contribution in [1.29, 1.82) is 0 Å². The van der Waals surface area contributed by atoms with Crippen molar-refractivity contribution in [2.24, 2.45) is 0 Å². The van der Waals surface area contributed by atoms with Crippen LogP contribution < -0.4 is 9.64 Å². The first kappa shape index (κ1) is 21.9. The van der Waals surface area contributed by atoms with Gasteiger partial charge in [0.05, 0.1) is 6.67 Å². The van der Waals surface area contributed by atoms with Crippen LogP contribution in [0.3, 0.4) is 0 Å². The number of anilines is 1. The molecule has 0 saturated carbocycles. The number of H-pyrrole nitrogens is 1. The molecule has 0 spiro atoms. The smallest absolute Gasteiger partial charge is 0.217 e. The van der Waals surface area contributed by atoms with Crippen molar-refractivity contribution in [3.8, 4) is 5.75 Å². The van der Waals surface area contributed by atoms with Crippen LogP contribution in [0.15, 0.2) is 36.4 Å². The van der Waals surface area contributed by atoms with Gasteiger partial charge in [0.15, 0.2) is 5.82 Å². The number of halogens is 1. The normalized spacial score (nSPS) is 14.8. The first-order chi connectivity index (χ1) is 14.9. The number of benzene rings is 2. The second kappa shape index (κ2) is 9.42. The van der Waals surface area contributed by atoms with Crippen LogP contribution in [-0.4, -0.2) is 45.8 Å². The monoisotopic (exact) mass is 457 g/mol. The number of nitrogens with zero attached hydrogens (tertiary/aromatic N) is 4. The zero-order valence-corrected chi connectivity index (χ0v) is 19.8. The van der Waals surface area contributed by atoms with E-state index in [0.29, 0.717) is 18.0 Å². The van der Waals surface area contributed by atoms with Gasteiger partial charge >= 0.3 is 0 Å². The number of aromatic amines is 1. The van der Waals surface area contributed by atoms with Gasteiger partial charge in [-0.25, -0.2) is 9.67 Å².